The van der Waals surface area contributed by atoms with E-state index < -0.39 is 5.82 Å². The van der Waals surface area contributed by atoms with Gasteiger partial charge in [0.15, 0.2) is 5.69 Å². The van der Waals surface area contributed by atoms with Crippen molar-refractivity contribution < 1.29 is 8.91 Å². The molecule has 6 rings (SSSR count). The Morgan fingerprint density at radius 3 is 2.46 bits per heavy atom. The summed E-state index contributed by atoms with van der Waals surface area (Å²) in [5, 5.41) is 12.7. The van der Waals surface area contributed by atoms with Crippen LogP contribution in [0.1, 0.15) is 25.3 Å². The van der Waals surface area contributed by atoms with Crippen molar-refractivity contribution in [2.45, 2.75) is 26.3 Å². The topological polar surface area (TPSA) is 85.8 Å². The molecule has 1 saturated heterocycles. The van der Waals surface area contributed by atoms with Gasteiger partial charge >= 0.3 is 0 Å². The summed E-state index contributed by atoms with van der Waals surface area (Å²) >= 11 is 0. The highest BCUT2D eigenvalue weighted by molar-refractivity contribution is 5.76. The Balaban J connectivity index is 1.30. The second-order valence-corrected chi connectivity index (χ2v) is 9.46. The number of para-hydroxylation sites is 1. The average Bonchev–Trinajstić information content (AvgIpc) is 3.59. The van der Waals surface area contributed by atoms with E-state index in [2.05, 4.69) is 49.4 Å². The number of hydrogen-bond donors (Lipinski definition) is 0. The van der Waals surface area contributed by atoms with Crippen molar-refractivity contribution in [1.82, 2.24) is 35.0 Å². The van der Waals surface area contributed by atoms with Crippen LogP contribution in [0.25, 0.3) is 39.9 Å². The van der Waals surface area contributed by atoms with Gasteiger partial charge in [-0.25, -0.2) is 9.07 Å². The van der Waals surface area contributed by atoms with Crippen LogP contribution in [0, 0.1) is 11.7 Å². The number of likely N-dealkylation sites (tertiary alicyclic amines) is 1. The molecule has 0 saturated carbocycles. The molecular weight excluding hydrogens is 469 g/mol. The van der Waals surface area contributed by atoms with Crippen molar-refractivity contribution in [1.29, 1.82) is 0 Å². The number of piperidine rings is 1. The molecular formula is C28H26FN7O. The van der Waals surface area contributed by atoms with E-state index in [1.807, 2.05) is 12.1 Å². The van der Waals surface area contributed by atoms with Crippen molar-refractivity contribution in [3.63, 3.8) is 0 Å². The van der Waals surface area contributed by atoms with Crippen LogP contribution in [0.4, 0.5) is 4.39 Å². The predicted octanol–water partition coefficient (Wildman–Crippen LogP) is 5.42. The van der Waals surface area contributed by atoms with Gasteiger partial charge in [0.05, 0.1) is 0 Å². The van der Waals surface area contributed by atoms with Crippen LogP contribution in [-0.4, -0.2) is 48.1 Å². The highest BCUT2D eigenvalue weighted by atomic mass is 19.1. The minimum absolute atomic E-state index is 0.205. The van der Waals surface area contributed by atoms with Crippen LogP contribution in [-0.2, 0) is 6.54 Å². The summed E-state index contributed by atoms with van der Waals surface area (Å²) in [6.07, 6.45) is 5.83. The maximum absolute atomic E-state index is 14.7. The van der Waals surface area contributed by atoms with Crippen LogP contribution in [0.15, 0.2) is 77.6 Å². The fraction of sp³-hybridized carbons (Fsp3) is 0.250. The van der Waals surface area contributed by atoms with Crippen molar-refractivity contribution in [2.75, 3.05) is 13.1 Å². The third kappa shape index (κ3) is 4.77. The molecule has 0 bridgehead atoms. The normalized spacial score (nSPS) is 14.8. The monoisotopic (exact) mass is 495 g/mol. The molecule has 8 nitrogen and oxygen atoms in total. The Kier molecular flexibility index (Phi) is 6.28. The highest BCUT2D eigenvalue weighted by Gasteiger charge is 2.24. The van der Waals surface area contributed by atoms with Gasteiger partial charge in [-0.15, -0.1) is 5.10 Å². The minimum Gasteiger partial charge on any atom is -0.332 e. The Morgan fingerprint density at radius 2 is 1.70 bits per heavy atom. The van der Waals surface area contributed by atoms with Crippen LogP contribution in [0.2, 0.25) is 0 Å². The molecule has 0 unspecified atom stereocenters. The quantitative estimate of drug-likeness (QED) is 0.311. The molecule has 37 heavy (non-hydrogen) atoms. The third-order valence-corrected chi connectivity index (χ3v) is 6.83. The van der Waals surface area contributed by atoms with E-state index in [1.165, 1.54) is 29.2 Å². The lowest BCUT2D eigenvalue weighted by molar-refractivity contribution is 0.185. The molecule has 0 radical (unpaired) electrons. The highest BCUT2D eigenvalue weighted by Crippen LogP contribution is 2.32. The largest absolute Gasteiger partial charge is 0.332 e. The van der Waals surface area contributed by atoms with Gasteiger partial charge in [-0.05, 0) is 61.7 Å². The molecule has 9 heteroatoms. The second kappa shape index (κ2) is 10.0. The molecule has 1 aliphatic heterocycles. The Morgan fingerprint density at radius 1 is 0.946 bits per heavy atom. The first-order chi connectivity index (χ1) is 18.2. The van der Waals surface area contributed by atoms with Crippen molar-refractivity contribution >= 4 is 0 Å². The zero-order valence-electron chi connectivity index (χ0n) is 20.5. The third-order valence-electron chi connectivity index (χ3n) is 6.83. The number of aromatic nitrogens is 6. The van der Waals surface area contributed by atoms with Crippen molar-refractivity contribution in [2.24, 2.45) is 5.92 Å². The predicted molar refractivity (Wildman–Crippen MR) is 137 cm³/mol. The molecule has 0 spiro atoms. The number of nitrogens with zero attached hydrogens (tertiary/aromatic N) is 7. The molecule has 2 aromatic carbocycles. The number of pyridine rings is 1. The lowest BCUT2D eigenvalue weighted by Crippen LogP contribution is -2.32. The SMILES string of the molecule is CC1CCN(Cc2ccc(-c3noc(-c4nnn(-c5ccccc5F)c4-c4ccncc4)n3)cc2)CC1. The smallest absolute Gasteiger partial charge is 0.281 e. The number of rotatable bonds is 6. The molecule has 1 aliphatic rings. The minimum atomic E-state index is -0.417. The van der Waals surface area contributed by atoms with Crippen LogP contribution < -0.4 is 0 Å². The van der Waals surface area contributed by atoms with Crippen molar-refractivity contribution in [3.8, 4) is 39.9 Å². The number of benzene rings is 2. The molecule has 0 aliphatic carbocycles. The van der Waals surface area contributed by atoms with E-state index in [0.717, 1.165) is 36.7 Å². The standard InChI is InChI=1S/C28H26FN7O/c1-19-12-16-35(17-13-19)18-20-6-8-22(9-7-20)27-31-28(37-33-27)25-26(21-10-14-30-15-11-21)36(34-32-25)24-5-3-2-4-23(24)29/h2-11,14-15,19H,12-13,16-18H2,1H3. The van der Waals surface area contributed by atoms with Gasteiger partial charge in [0.25, 0.3) is 5.89 Å². The van der Waals surface area contributed by atoms with Crippen LogP contribution in [0.5, 0.6) is 0 Å². The van der Waals surface area contributed by atoms with Gasteiger partial charge in [0, 0.05) is 30.1 Å². The lowest BCUT2D eigenvalue weighted by atomic mass is 9.99. The van der Waals surface area contributed by atoms with E-state index in [4.69, 9.17) is 4.52 Å². The molecule has 186 valence electrons. The second-order valence-electron chi connectivity index (χ2n) is 9.46. The Labute approximate surface area is 213 Å². The molecule has 0 atom stereocenters. The van der Waals surface area contributed by atoms with Crippen LogP contribution >= 0.6 is 0 Å². The summed E-state index contributed by atoms with van der Waals surface area (Å²) in [6.45, 7) is 5.56. The van der Waals surface area contributed by atoms with E-state index in [1.54, 1.807) is 42.7 Å². The maximum Gasteiger partial charge on any atom is 0.281 e. The summed E-state index contributed by atoms with van der Waals surface area (Å²) < 4.78 is 21.7. The zero-order chi connectivity index (χ0) is 25.2. The molecule has 3 aromatic heterocycles. The maximum atomic E-state index is 14.7. The average molecular weight is 496 g/mol. The van der Waals surface area contributed by atoms with Gasteiger partial charge in [-0.2, -0.15) is 4.98 Å². The summed E-state index contributed by atoms with van der Waals surface area (Å²) in [5.41, 5.74) is 4.02. The fourth-order valence-electron chi connectivity index (χ4n) is 4.66. The first-order valence-corrected chi connectivity index (χ1v) is 12.4. The van der Waals surface area contributed by atoms with Gasteiger partial charge in [-0.1, -0.05) is 53.7 Å². The lowest BCUT2D eigenvalue weighted by Gasteiger charge is -2.30. The first kappa shape index (κ1) is 23.2. The van der Waals surface area contributed by atoms with Gasteiger partial charge < -0.3 is 4.52 Å². The van der Waals surface area contributed by atoms with Crippen molar-refractivity contribution in [3.05, 3.63) is 84.4 Å². The fourth-order valence-corrected chi connectivity index (χ4v) is 4.66. The molecule has 0 N–H and O–H groups in total. The van der Waals surface area contributed by atoms with E-state index in [0.29, 0.717) is 17.2 Å². The van der Waals surface area contributed by atoms with E-state index >= 15 is 0 Å². The summed E-state index contributed by atoms with van der Waals surface area (Å²) in [5.74, 6) is 1.06. The summed E-state index contributed by atoms with van der Waals surface area (Å²) in [7, 11) is 0. The first-order valence-electron chi connectivity index (χ1n) is 12.4. The molecule has 4 heterocycles. The van der Waals surface area contributed by atoms with Crippen LogP contribution in [0.3, 0.4) is 0 Å². The van der Waals surface area contributed by atoms with Gasteiger partial charge in [0.2, 0.25) is 5.82 Å². The zero-order valence-corrected chi connectivity index (χ0v) is 20.5. The van der Waals surface area contributed by atoms with Gasteiger partial charge in [0.1, 0.15) is 17.2 Å². The number of halogens is 1. The number of hydrogen-bond acceptors (Lipinski definition) is 7. The molecule has 1 fully saturated rings. The van der Waals surface area contributed by atoms with E-state index in [9.17, 15) is 4.39 Å². The Hall–Kier alpha value is -4.24. The Bertz CT molecular complexity index is 1490. The molecule has 0 amide bonds. The summed E-state index contributed by atoms with van der Waals surface area (Å²) in [4.78, 5) is 11.2. The van der Waals surface area contributed by atoms with E-state index in [-0.39, 0.29) is 11.6 Å². The summed E-state index contributed by atoms with van der Waals surface area (Å²) in [6, 6.07) is 18.3. The molecule has 5 aromatic rings. The van der Waals surface area contributed by atoms with Gasteiger partial charge in [-0.3, -0.25) is 9.88 Å².